The lowest BCUT2D eigenvalue weighted by Crippen LogP contribution is -2.10. The summed E-state index contributed by atoms with van der Waals surface area (Å²) < 4.78 is 4.69. The van der Waals surface area contributed by atoms with Gasteiger partial charge in [-0.05, 0) is 34.2 Å². The molecular formula is C20H22O2. The summed E-state index contributed by atoms with van der Waals surface area (Å²) in [6.07, 6.45) is 4.13. The molecule has 0 radical (unpaired) electrons. The second kappa shape index (κ2) is 6.61. The summed E-state index contributed by atoms with van der Waals surface area (Å²) in [7, 11) is 1.39. The van der Waals surface area contributed by atoms with Crippen molar-refractivity contribution in [1.82, 2.24) is 0 Å². The van der Waals surface area contributed by atoms with Crippen LogP contribution < -0.4 is 0 Å². The largest absolute Gasteiger partial charge is 0.465 e. The van der Waals surface area contributed by atoms with E-state index in [2.05, 4.69) is 51.1 Å². The van der Waals surface area contributed by atoms with Gasteiger partial charge in [0.1, 0.15) is 0 Å². The van der Waals surface area contributed by atoms with Crippen LogP contribution in [-0.2, 0) is 10.2 Å². The van der Waals surface area contributed by atoms with Crippen molar-refractivity contribution in [2.45, 2.75) is 26.2 Å². The molecule has 2 rings (SSSR count). The van der Waals surface area contributed by atoms with Crippen LogP contribution in [0.1, 0.15) is 47.8 Å². The maximum absolute atomic E-state index is 11.4. The first-order chi connectivity index (χ1) is 10.4. The van der Waals surface area contributed by atoms with Crippen LogP contribution in [0.5, 0.6) is 0 Å². The van der Waals surface area contributed by atoms with Crippen molar-refractivity contribution in [3.05, 3.63) is 70.8 Å². The molecule has 0 heterocycles. The summed E-state index contributed by atoms with van der Waals surface area (Å²) in [4.78, 5) is 11.4. The summed E-state index contributed by atoms with van der Waals surface area (Å²) in [5.74, 6) is -0.312. The van der Waals surface area contributed by atoms with Crippen LogP contribution in [0.25, 0.3) is 12.2 Å². The number of methoxy groups -OCH3 is 1. The number of hydrogen-bond acceptors (Lipinski definition) is 2. The Labute approximate surface area is 132 Å². The van der Waals surface area contributed by atoms with Gasteiger partial charge in [-0.2, -0.15) is 0 Å². The maximum atomic E-state index is 11.4. The first-order valence-electron chi connectivity index (χ1n) is 7.37. The predicted octanol–water partition coefficient (Wildman–Crippen LogP) is 4.94. The summed E-state index contributed by atoms with van der Waals surface area (Å²) in [5, 5.41) is 0. The Balaban J connectivity index is 2.17. The third-order valence-electron chi connectivity index (χ3n) is 3.55. The van der Waals surface area contributed by atoms with E-state index < -0.39 is 0 Å². The van der Waals surface area contributed by atoms with Gasteiger partial charge in [0.15, 0.2) is 0 Å². The molecule has 2 aromatic rings. The lowest BCUT2D eigenvalue weighted by atomic mass is 9.86. The zero-order chi connectivity index (χ0) is 16.2. The van der Waals surface area contributed by atoms with Crippen molar-refractivity contribution in [2.24, 2.45) is 0 Å². The van der Waals surface area contributed by atoms with E-state index in [9.17, 15) is 4.79 Å². The highest BCUT2D eigenvalue weighted by molar-refractivity contribution is 5.89. The standard InChI is InChI=1S/C20H22O2/c1-20(2,3)18-7-5-6-16(14-18)9-8-15-10-12-17(13-11-15)19(21)22-4/h5-14H,1-4H3/b9-8+. The number of carbonyl (C=O) groups excluding carboxylic acids is 1. The monoisotopic (exact) mass is 294 g/mol. The second-order valence-corrected chi connectivity index (χ2v) is 6.32. The highest BCUT2D eigenvalue weighted by Gasteiger charge is 2.12. The molecule has 0 amide bonds. The fourth-order valence-electron chi connectivity index (χ4n) is 2.15. The molecule has 0 aliphatic heterocycles. The number of ether oxygens (including phenoxy) is 1. The molecule has 0 atom stereocenters. The minimum absolute atomic E-state index is 0.145. The van der Waals surface area contributed by atoms with Crippen LogP contribution in [0.4, 0.5) is 0 Å². The minimum Gasteiger partial charge on any atom is -0.465 e. The summed E-state index contributed by atoms with van der Waals surface area (Å²) in [6.45, 7) is 6.63. The van der Waals surface area contributed by atoms with E-state index in [1.807, 2.05) is 18.2 Å². The Kier molecular flexibility index (Phi) is 4.81. The molecule has 0 aromatic heterocycles. The zero-order valence-corrected chi connectivity index (χ0v) is 13.6. The molecule has 114 valence electrons. The van der Waals surface area contributed by atoms with Gasteiger partial charge in [-0.15, -0.1) is 0 Å². The van der Waals surface area contributed by atoms with E-state index in [0.717, 1.165) is 5.56 Å². The number of carbonyl (C=O) groups is 1. The lowest BCUT2D eigenvalue weighted by molar-refractivity contribution is 0.0600. The van der Waals surface area contributed by atoms with Crippen LogP contribution in [0.15, 0.2) is 48.5 Å². The van der Waals surface area contributed by atoms with Crippen LogP contribution in [0.2, 0.25) is 0 Å². The summed E-state index contributed by atoms with van der Waals surface area (Å²) in [5.41, 5.74) is 4.25. The Morgan fingerprint density at radius 2 is 1.59 bits per heavy atom. The molecule has 0 aliphatic carbocycles. The van der Waals surface area contributed by atoms with Gasteiger partial charge in [-0.3, -0.25) is 0 Å². The Hall–Kier alpha value is -2.35. The topological polar surface area (TPSA) is 26.3 Å². The van der Waals surface area contributed by atoms with Crippen molar-refractivity contribution in [2.75, 3.05) is 7.11 Å². The van der Waals surface area contributed by atoms with Gasteiger partial charge in [-0.25, -0.2) is 4.79 Å². The van der Waals surface area contributed by atoms with Crippen molar-refractivity contribution in [3.63, 3.8) is 0 Å². The highest BCUT2D eigenvalue weighted by Crippen LogP contribution is 2.23. The Bertz CT molecular complexity index is 674. The average Bonchev–Trinajstić information content (AvgIpc) is 2.52. The third-order valence-corrected chi connectivity index (χ3v) is 3.55. The molecule has 0 unspecified atom stereocenters. The van der Waals surface area contributed by atoms with Gasteiger partial charge in [0.05, 0.1) is 12.7 Å². The molecule has 0 fully saturated rings. The molecule has 0 aliphatic rings. The average molecular weight is 294 g/mol. The molecule has 22 heavy (non-hydrogen) atoms. The molecule has 0 saturated carbocycles. The Morgan fingerprint density at radius 3 is 2.18 bits per heavy atom. The Morgan fingerprint density at radius 1 is 0.955 bits per heavy atom. The molecule has 0 saturated heterocycles. The third kappa shape index (κ3) is 4.08. The minimum atomic E-state index is -0.312. The van der Waals surface area contributed by atoms with Crippen LogP contribution in [0.3, 0.4) is 0 Å². The number of rotatable bonds is 3. The number of esters is 1. The van der Waals surface area contributed by atoms with Crippen LogP contribution in [0, 0.1) is 0 Å². The van der Waals surface area contributed by atoms with E-state index in [0.29, 0.717) is 5.56 Å². The van der Waals surface area contributed by atoms with Crippen molar-refractivity contribution >= 4 is 18.1 Å². The first-order valence-corrected chi connectivity index (χ1v) is 7.37. The molecule has 0 N–H and O–H groups in total. The van der Waals surface area contributed by atoms with Crippen molar-refractivity contribution in [3.8, 4) is 0 Å². The fourth-order valence-corrected chi connectivity index (χ4v) is 2.15. The quantitative estimate of drug-likeness (QED) is 0.592. The van der Waals surface area contributed by atoms with Gasteiger partial charge in [0, 0.05) is 0 Å². The predicted molar refractivity (Wildman–Crippen MR) is 91.9 cm³/mol. The van der Waals surface area contributed by atoms with Gasteiger partial charge >= 0.3 is 5.97 Å². The van der Waals surface area contributed by atoms with Crippen LogP contribution in [-0.4, -0.2) is 13.1 Å². The fraction of sp³-hybridized carbons (Fsp3) is 0.250. The normalized spacial score (nSPS) is 11.6. The number of hydrogen-bond donors (Lipinski definition) is 0. The van der Waals surface area contributed by atoms with Gasteiger partial charge in [-0.1, -0.05) is 69.3 Å². The highest BCUT2D eigenvalue weighted by atomic mass is 16.5. The SMILES string of the molecule is COC(=O)c1ccc(/C=C/c2cccc(C(C)(C)C)c2)cc1. The second-order valence-electron chi connectivity index (χ2n) is 6.32. The smallest absolute Gasteiger partial charge is 0.337 e. The molecule has 2 aromatic carbocycles. The van der Waals surface area contributed by atoms with Gasteiger partial charge in [0.25, 0.3) is 0 Å². The van der Waals surface area contributed by atoms with E-state index in [1.54, 1.807) is 12.1 Å². The molecule has 2 heteroatoms. The molecule has 0 bridgehead atoms. The van der Waals surface area contributed by atoms with E-state index in [-0.39, 0.29) is 11.4 Å². The van der Waals surface area contributed by atoms with Gasteiger partial charge in [0.2, 0.25) is 0 Å². The van der Waals surface area contributed by atoms with Crippen LogP contribution >= 0.6 is 0 Å². The zero-order valence-electron chi connectivity index (χ0n) is 13.6. The van der Waals surface area contributed by atoms with E-state index in [4.69, 9.17) is 4.74 Å². The molecular weight excluding hydrogens is 272 g/mol. The number of benzene rings is 2. The summed E-state index contributed by atoms with van der Waals surface area (Å²) in [6, 6.07) is 15.9. The van der Waals surface area contributed by atoms with E-state index >= 15 is 0 Å². The summed E-state index contributed by atoms with van der Waals surface area (Å²) >= 11 is 0. The van der Waals surface area contributed by atoms with E-state index in [1.165, 1.54) is 18.2 Å². The lowest BCUT2D eigenvalue weighted by Gasteiger charge is -2.19. The molecule has 0 spiro atoms. The van der Waals surface area contributed by atoms with Crippen molar-refractivity contribution in [1.29, 1.82) is 0 Å². The molecule has 2 nitrogen and oxygen atoms in total. The van der Waals surface area contributed by atoms with Gasteiger partial charge < -0.3 is 4.74 Å². The first kappa shape index (κ1) is 16.0. The maximum Gasteiger partial charge on any atom is 0.337 e. The van der Waals surface area contributed by atoms with Crippen molar-refractivity contribution < 1.29 is 9.53 Å².